The summed E-state index contributed by atoms with van der Waals surface area (Å²) in [6, 6.07) is 4.44. The van der Waals surface area contributed by atoms with Crippen LogP contribution in [-0.2, 0) is 11.5 Å². The first-order valence-corrected chi connectivity index (χ1v) is 9.53. The minimum absolute atomic E-state index is 0.0523. The molecular weight excluding hydrogens is 400 g/mol. The SMILES string of the molecule is C[C@@H](Nc1ncnc2cc(=O)n(C3(CF)CC3)cc12)c1cccc(C(C)(F)F)c1F. The molecule has 5 nitrogen and oxygen atoms in total. The molecule has 0 spiro atoms. The first-order chi connectivity index (χ1) is 14.2. The summed E-state index contributed by atoms with van der Waals surface area (Å²) in [5.41, 5.74) is -1.48. The van der Waals surface area contributed by atoms with Crippen LogP contribution in [0.3, 0.4) is 0 Å². The predicted molar refractivity (Wildman–Crippen MR) is 105 cm³/mol. The van der Waals surface area contributed by atoms with E-state index in [-0.39, 0.29) is 11.1 Å². The normalized spacial score (nSPS) is 16.5. The molecule has 0 amide bonds. The predicted octanol–water partition coefficient (Wildman–Crippen LogP) is 4.67. The number of pyridine rings is 1. The monoisotopic (exact) mass is 420 g/mol. The van der Waals surface area contributed by atoms with Crippen molar-refractivity contribution in [1.29, 1.82) is 0 Å². The van der Waals surface area contributed by atoms with Crippen LogP contribution in [0.25, 0.3) is 10.9 Å². The van der Waals surface area contributed by atoms with Crippen LogP contribution in [-0.4, -0.2) is 21.2 Å². The van der Waals surface area contributed by atoms with Gasteiger partial charge in [-0.25, -0.2) is 27.5 Å². The maximum absolute atomic E-state index is 14.7. The number of alkyl halides is 3. The number of nitrogens with one attached hydrogen (secondary N) is 1. The Morgan fingerprint density at radius 3 is 2.67 bits per heavy atom. The average Bonchev–Trinajstić information content (AvgIpc) is 3.48. The van der Waals surface area contributed by atoms with E-state index < -0.39 is 35.6 Å². The van der Waals surface area contributed by atoms with Gasteiger partial charge in [0.15, 0.2) is 0 Å². The maximum Gasteiger partial charge on any atom is 0.273 e. The lowest BCUT2D eigenvalue weighted by Gasteiger charge is -2.21. The first kappa shape index (κ1) is 20.3. The van der Waals surface area contributed by atoms with Gasteiger partial charge in [-0.05, 0) is 19.8 Å². The Morgan fingerprint density at radius 2 is 2.03 bits per heavy atom. The second-order valence-electron chi connectivity index (χ2n) is 7.82. The third-order valence-corrected chi connectivity index (χ3v) is 5.58. The topological polar surface area (TPSA) is 59.8 Å². The lowest BCUT2D eigenvalue weighted by Crippen LogP contribution is -2.31. The number of benzene rings is 1. The van der Waals surface area contributed by atoms with Gasteiger partial charge in [0.05, 0.1) is 28.0 Å². The zero-order valence-electron chi connectivity index (χ0n) is 16.4. The Morgan fingerprint density at radius 1 is 1.30 bits per heavy atom. The molecule has 4 rings (SSSR count). The van der Waals surface area contributed by atoms with Crippen LogP contribution in [0.1, 0.15) is 43.9 Å². The first-order valence-electron chi connectivity index (χ1n) is 9.53. The average molecular weight is 420 g/mol. The van der Waals surface area contributed by atoms with Gasteiger partial charge in [-0.2, -0.15) is 0 Å². The Kier molecular flexibility index (Phi) is 4.79. The second-order valence-corrected chi connectivity index (χ2v) is 7.82. The van der Waals surface area contributed by atoms with E-state index >= 15 is 0 Å². The highest BCUT2D eigenvalue weighted by Gasteiger charge is 2.45. The van der Waals surface area contributed by atoms with Crippen molar-refractivity contribution >= 4 is 16.7 Å². The smallest absolute Gasteiger partial charge is 0.273 e. The summed E-state index contributed by atoms with van der Waals surface area (Å²) in [6.45, 7) is 1.60. The Bertz CT molecular complexity index is 1170. The molecule has 0 aliphatic heterocycles. The van der Waals surface area contributed by atoms with Crippen LogP contribution in [0.4, 0.5) is 23.4 Å². The molecule has 0 unspecified atom stereocenters. The van der Waals surface area contributed by atoms with Crippen molar-refractivity contribution in [3.63, 3.8) is 0 Å². The second kappa shape index (κ2) is 7.07. The van der Waals surface area contributed by atoms with E-state index in [1.165, 1.54) is 35.3 Å². The Hall–Kier alpha value is -2.97. The number of nitrogens with zero attached hydrogens (tertiary/aromatic N) is 3. The van der Waals surface area contributed by atoms with E-state index in [4.69, 9.17) is 0 Å². The summed E-state index contributed by atoms with van der Waals surface area (Å²) in [5, 5.41) is 3.47. The van der Waals surface area contributed by atoms with Crippen molar-refractivity contribution in [2.24, 2.45) is 0 Å². The van der Waals surface area contributed by atoms with Crippen LogP contribution in [0.2, 0.25) is 0 Å². The lowest BCUT2D eigenvalue weighted by molar-refractivity contribution is 0.0136. The number of aromatic nitrogens is 3. The van der Waals surface area contributed by atoms with Gasteiger partial charge in [0.2, 0.25) is 0 Å². The fraction of sp³-hybridized carbons (Fsp3) is 0.381. The number of fused-ring (bicyclic) bond motifs is 1. The molecule has 9 heteroatoms. The van der Waals surface area contributed by atoms with Crippen LogP contribution in [0, 0.1) is 5.82 Å². The van der Waals surface area contributed by atoms with Gasteiger partial charge in [0, 0.05) is 24.8 Å². The molecule has 30 heavy (non-hydrogen) atoms. The van der Waals surface area contributed by atoms with Crippen LogP contribution in [0.5, 0.6) is 0 Å². The van der Waals surface area contributed by atoms with Gasteiger partial charge in [-0.3, -0.25) is 4.79 Å². The highest BCUT2D eigenvalue weighted by molar-refractivity contribution is 5.88. The molecule has 0 saturated heterocycles. The lowest BCUT2D eigenvalue weighted by atomic mass is 10.0. The number of halogens is 4. The minimum atomic E-state index is -3.32. The molecule has 1 fully saturated rings. The van der Waals surface area contributed by atoms with Gasteiger partial charge in [0.1, 0.15) is 24.6 Å². The van der Waals surface area contributed by atoms with Crippen molar-refractivity contribution in [3.8, 4) is 0 Å². The van der Waals surface area contributed by atoms with E-state index in [9.17, 15) is 22.4 Å². The van der Waals surface area contributed by atoms with E-state index in [1.54, 1.807) is 6.92 Å². The summed E-state index contributed by atoms with van der Waals surface area (Å²) in [7, 11) is 0. The number of rotatable bonds is 6. The molecule has 1 saturated carbocycles. The highest BCUT2D eigenvalue weighted by Crippen LogP contribution is 2.43. The Labute approximate surface area is 169 Å². The summed E-state index contributed by atoms with van der Waals surface area (Å²) in [6.07, 6.45) is 3.87. The largest absolute Gasteiger partial charge is 0.363 e. The maximum atomic E-state index is 14.7. The summed E-state index contributed by atoms with van der Waals surface area (Å²) >= 11 is 0. The van der Waals surface area contributed by atoms with E-state index in [0.29, 0.717) is 36.5 Å². The molecule has 0 radical (unpaired) electrons. The number of hydrogen-bond acceptors (Lipinski definition) is 4. The van der Waals surface area contributed by atoms with Crippen LogP contribution in [0.15, 0.2) is 41.6 Å². The van der Waals surface area contributed by atoms with Crippen LogP contribution >= 0.6 is 0 Å². The van der Waals surface area contributed by atoms with Crippen molar-refractivity contribution in [2.75, 3.05) is 12.0 Å². The van der Waals surface area contributed by atoms with Gasteiger partial charge in [-0.15, -0.1) is 0 Å². The highest BCUT2D eigenvalue weighted by atomic mass is 19.3. The summed E-state index contributed by atoms with van der Waals surface area (Å²) in [5.74, 6) is -4.01. The fourth-order valence-electron chi connectivity index (χ4n) is 3.61. The fourth-order valence-corrected chi connectivity index (χ4v) is 3.61. The zero-order valence-corrected chi connectivity index (χ0v) is 16.4. The molecule has 1 aliphatic rings. The Balaban J connectivity index is 1.74. The van der Waals surface area contributed by atoms with E-state index in [2.05, 4.69) is 15.3 Å². The molecule has 2 aromatic heterocycles. The number of hydrogen-bond donors (Lipinski definition) is 1. The zero-order chi connectivity index (χ0) is 21.7. The molecule has 1 N–H and O–H groups in total. The van der Waals surface area contributed by atoms with E-state index in [1.807, 2.05) is 0 Å². The van der Waals surface area contributed by atoms with E-state index in [0.717, 1.165) is 6.07 Å². The van der Waals surface area contributed by atoms with Crippen molar-refractivity contribution in [3.05, 3.63) is 64.1 Å². The molecule has 0 bridgehead atoms. The molecule has 1 aliphatic carbocycles. The molecule has 1 aromatic carbocycles. The standard InChI is InChI=1S/C21H20F4N4O/c1-12(13-4-3-5-15(18(13)23)20(2,24)25)28-19-14-9-29(21(10-22)6-7-21)17(30)8-16(14)26-11-27-19/h3-5,8-9,11-12H,6-7,10H2,1-2H3,(H,26,27,28)/t12-/m1/s1. The molecule has 2 heterocycles. The molecule has 1 atom stereocenters. The minimum Gasteiger partial charge on any atom is -0.363 e. The van der Waals surface area contributed by atoms with Crippen molar-refractivity contribution in [1.82, 2.24) is 14.5 Å². The van der Waals surface area contributed by atoms with Gasteiger partial charge in [0.25, 0.3) is 11.5 Å². The third kappa shape index (κ3) is 3.42. The van der Waals surface area contributed by atoms with Crippen molar-refractivity contribution in [2.45, 2.75) is 44.2 Å². The summed E-state index contributed by atoms with van der Waals surface area (Å²) < 4.78 is 56.9. The van der Waals surface area contributed by atoms with Crippen LogP contribution < -0.4 is 10.9 Å². The van der Waals surface area contributed by atoms with Crippen molar-refractivity contribution < 1.29 is 17.6 Å². The molecule has 3 aromatic rings. The van der Waals surface area contributed by atoms with Gasteiger partial charge < -0.3 is 9.88 Å². The quantitative estimate of drug-likeness (QED) is 0.589. The summed E-state index contributed by atoms with van der Waals surface area (Å²) in [4.78, 5) is 20.7. The molecule has 158 valence electrons. The van der Waals surface area contributed by atoms with Gasteiger partial charge >= 0.3 is 0 Å². The molecular formula is C21H20F4N4O. The third-order valence-electron chi connectivity index (χ3n) is 5.58. The number of anilines is 1. The van der Waals surface area contributed by atoms with Gasteiger partial charge in [-0.1, -0.05) is 18.2 Å².